The number of amides is 4. The van der Waals surface area contributed by atoms with Crippen molar-refractivity contribution in [3.63, 3.8) is 0 Å². The summed E-state index contributed by atoms with van der Waals surface area (Å²) in [6.07, 6.45) is 5.42. The quantitative estimate of drug-likeness (QED) is 0.0802. The highest BCUT2D eigenvalue weighted by Crippen LogP contribution is 2.32. The summed E-state index contributed by atoms with van der Waals surface area (Å²) in [6.45, 7) is 11.3. The van der Waals surface area contributed by atoms with Gasteiger partial charge in [0.2, 0.25) is 23.7 Å². The molecule has 0 bridgehead atoms. The number of aromatic nitrogens is 8. The summed E-state index contributed by atoms with van der Waals surface area (Å²) >= 11 is 0. The molecule has 4 amide bonds. The Balaban J connectivity index is 1.38. The van der Waals surface area contributed by atoms with Crippen LogP contribution in [0.25, 0.3) is 22.1 Å². The predicted molar refractivity (Wildman–Crippen MR) is 207 cm³/mol. The molecule has 17 nitrogen and oxygen atoms in total. The van der Waals surface area contributed by atoms with Crippen LogP contribution in [-0.4, -0.2) is 68.9 Å². The van der Waals surface area contributed by atoms with Crippen LogP contribution in [0, 0.1) is 13.8 Å². The summed E-state index contributed by atoms with van der Waals surface area (Å²) in [5, 5.41) is 14.6. The fourth-order valence-corrected chi connectivity index (χ4v) is 6.27. The van der Waals surface area contributed by atoms with Gasteiger partial charge >= 0.3 is 0 Å². The number of hydrogen-bond donors (Lipinski definition) is 4. The lowest BCUT2D eigenvalue weighted by Gasteiger charge is -2.13. The average Bonchev–Trinajstić information content (AvgIpc) is 3.92. The Kier molecular flexibility index (Phi) is 11.1. The van der Waals surface area contributed by atoms with E-state index in [0.717, 1.165) is 12.8 Å². The molecule has 4 aromatic heterocycles. The highest BCUT2D eigenvalue weighted by atomic mass is 16.5. The van der Waals surface area contributed by atoms with Crippen molar-refractivity contribution >= 4 is 57.6 Å². The second kappa shape index (κ2) is 16.1. The molecule has 0 spiro atoms. The lowest BCUT2D eigenvalue weighted by Crippen LogP contribution is -2.20. The van der Waals surface area contributed by atoms with Crippen LogP contribution in [0.5, 0.6) is 5.75 Å². The smallest absolute Gasteiger partial charge is 0.276 e. The minimum atomic E-state index is -0.641. The first-order chi connectivity index (χ1) is 26.4. The summed E-state index contributed by atoms with van der Waals surface area (Å²) in [7, 11) is 0. The van der Waals surface area contributed by atoms with Gasteiger partial charge in [0.15, 0.2) is 0 Å². The molecule has 17 heteroatoms. The van der Waals surface area contributed by atoms with Gasteiger partial charge in [-0.3, -0.25) is 39.2 Å². The molecule has 0 aliphatic carbocycles. The Morgan fingerprint density at radius 1 is 0.727 bits per heavy atom. The number of ether oxygens (including phenoxy) is 1. The molecular formula is C38H44N12O5. The van der Waals surface area contributed by atoms with Crippen molar-refractivity contribution in [3.8, 4) is 5.75 Å². The summed E-state index contributed by atoms with van der Waals surface area (Å²) in [5.74, 6) is -1.18. The van der Waals surface area contributed by atoms with Crippen LogP contribution in [0.4, 0.5) is 11.9 Å². The fourth-order valence-electron chi connectivity index (χ4n) is 6.27. The number of carbonyl (C=O) groups is 4. The molecule has 0 aliphatic heterocycles. The van der Waals surface area contributed by atoms with E-state index in [1.54, 1.807) is 61.0 Å². The molecular weight excluding hydrogens is 704 g/mol. The maximum Gasteiger partial charge on any atom is 0.276 e. The van der Waals surface area contributed by atoms with Crippen LogP contribution in [0.15, 0.2) is 54.6 Å². The van der Waals surface area contributed by atoms with Gasteiger partial charge in [0.05, 0.1) is 34.5 Å². The standard InChI is InChI=1S/C38H44N12O5/c1-6-9-16-55-31-21-25(34(40)52)20-27-32(31)48(38(42-27)44-36(54)30-18-23(5)46-50(30)8-3)15-11-10-14-47-28-13-12-24(33(39)51)19-26(28)41-37(47)43-35(53)29-17-22(4)45-49(29)7-2/h10-13,17-21H,6-9,14-16H2,1-5H3,(H2,39,51)(H2,40,52)(H,41,43,53)(H,42,44,54)/b11-10+. The zero-order valence-corrected chi connectivity index (χ0v) is 31.4. The number of unbranched alkanes of at least 4 members (excludes halogenated alkanes) is 1. The number of aryl methyl sites for hydroxylation is 4. The van der Waals surface area contributed by atoms with Crippen molar-refractivity contribution in [2.24, 2.45) is 11.5 Å². The van der Waals surface area contributed by atoms with E-state index in [9.17, 15) is 19.2 Å². The third-order valence-corrected chi connectivity index (χ3v) is 8.94. The molecule has 0 aliphatic rings. The first-order valence-electron chi connectivity index (χ1n) is 18.1. The van der Waals surface area contributed by atoms with E-state index in [1.807, 2.05) is 46.8 Å². The Hall–Kier alpha value is -6.78. The number of fused-ring (bicyclic) bond motifs is 2. The van der Waals surface area contributed by atoms with E-state index in [0.29, 0.717) is 70.3 Å². The first kappa shape index (κ1) is 38.0. The van der Waals surface area contributed by atoms with Gasteiger partial charge in [0.25, 0.3) is 11.8 Å². The highest BCUT2D eigenvalue weighted by molar-refractivity contribution is 6.05. The second-order valence-corrected chi connectivity index (χ2v) is 12.9. The maximum atomic E-state index is 13.6. The van der Waals surface area contributed by atoms with Crippen molar-refractivity contribution in [2.45, 2.75) is 73.6 Å². The molecule has 0 saturated heterocycles. The van der Waals surface area contributed by atoms with Gasteiger partial charge in [0.1, 0.15) is 22.7 Å². The molecule has 0 radical (unpaired) electrons. The van der Waals surface area contributed by atoms with E-state index >= 15 is 0 Å². The van der Waals surface area contributed by atoms with Gasteiger partial charge in [0, 0.05) is 37.3 Å². The second-order valence-electron chi connectivity index (χ2n) is 12.9. The van der Waals surface area contributed by atoms with E-state index in [1.165, 1.54) is 0 Å². The normalized spacial score (nSPS) is 11.5. The molecule has 0 unspecified atom stereocenters. The molecule has 55 heavy (non-hydrogen) atoms. The largest absolute Gasteiger partial charge is 0.491 e. The zero-order chi connectivity index (χ0) is 39.4. The number of rotatable bonds is 16. The van der Waals surface area contributed by atoms with Crippen LogP contribution >= 0.6 is 0 Å². The number of nitrogens with zero attached hydrogens (tertiary/aromatic N) is 8. The number of allylic oxidation sites excluding steroid dienone is 2. The van der Waals surface area contributed by atoms with Crippen molar-refractivity contribution in [3.05, 3.63) is 88.5 Å². The number of imidazole rings is 2. The van der Waals surface area contributed by atoms with Gasteiger partial charge in [-0.1, -0.05) is 25.5 Å². The van der Waals surface area contributed by atoms with Gasteiger partial charge in [-0.25, -0.2) is 9.97 Å². The van der Waals surface area contributed by atoms with Crippen LogP contribution in [0.3, 0.4) is 0 Å². The number of nitrogens with two attached hydrogens (primary N) is 2. The Bertz CT molecular complexity index is 2470. The van der Waals surface area contributed by atoms with Gasteiger partial charge in [-0.15, -0.1) is 0 Å². The number of hydrogen-bond acceptors (Lipinski definition) is 9. The number of benzene rings is 2. The molecule has 6 aromatic rings. The van der Waals surface area contributed by atoms with E-state index in [-0.39, 0.29) is 36.1 Å². The Morgan fingerprint density at radius 2 is 1.27 bits per heavy atom. The highest BCUT2D eigenvalue weighted by Gasteiger charge is 2.22. The van der Waals surface area contributed by atoms with Crippen molar-refractivity contribution in [1.82, 2.24) is 38.7 Å². The van der Waals surface area contributed by atoms with Crippen molar-refractivity contribution < 1.29 is 23.9 Å². The number of carbonyl (C=O) groups excluding carboxylic acids is 4. The maximum absolute atomic E-state index is 13.6. The zero-order valence-electron chi connectivity index (χ0n) is 31.4. The molecule has 286 valence electrons. The van der Waals surface area contributed by atoms with Gasteiger partial charge in [-0.05, 0) is 76.6 Å². The predicted octanol–water partition coefficient (Wildman–Crippen LogP) is 4.57. The van der Waals surface area contributed by atoms with Crippen molar-refractivity contribution in [1.29, 1.82) is 0 Å². The summed E-state index contributed by atoms with van der Waals surface area (Å²) in [4.78, 5) is 60.8. The van der Waals surface area contributed by atoms with Crippen molar-refractivity contribution in [2.75, 3.05) is 17.2 Å². The number of anilines is 2. The van der Waals surface area contributed by atoms with Crippen LogP contribution in [0.2, 0.25) is 0 Å². The van der Waals surface area contributed by atoms with Crippen LogP contribution in [-0.2, 0) is 26.2 Å². The van der Waals surface area contributed by atoms with Gasteiger partial charge in [-0.2, -0.15) is 10.2 Å². The summed E-state index contributed by atoms with van der Waals surface area (Å²) in [6, 6.07) is 11.5. The Labute approximate surface area is 316 Å². The molecule has 2 aromatic carbocycles. The number of primary amides is 2. The minimum absolute atomic E-state index is 0.216. The molecule has 6 N–H and O–H groups in total. The minimum Gasteiger partial charge on any atom is -0.491 e. The van der Waals surface area contributed by atoms with Crippen LogP contribution < -0.4 is 26.8 Å². The van der Waals surface area contributed by atoms with E-state index in [4.69, 9.17) is 21.2 Å². The molecule has 0 saturated carbocycles. The van der Waals surface area contributed by atoms with E-state index in [2.05, 4.69) is 25.8 Å². The van der Waals surface area contributed by atoms with Crippen LogP contribution in [0.1, 0.15) is 86.7 Å². The summed E-state index contributed by atoms with van der Waals surface area (Å²) < 4.78 is 13.0. The lowest BCUT2D eigenvalue weighted by atomic mass is 10.1. The summed E-state index contributed by atoms with van der Waals surface area (Å²) in [5.41, 5.74) is 15.9. The third kappa shape index (κ3) is 7.95. The van der Waals surface area contributed by atoms with E-state index < -0.39 is 23.6 Å². The molecule has 6 rings (SSSR count). The Morgan fingerprint density at radius 3 is 1.84 bits per heavy atom. The molecule has 0 atom stereocenters. The monoisotopic (exact) mass is 748 g/mol. The first-order valence-corrected chi connectivity index (χ1v) is 18.1. The average molecular weight is 749 g/mol. The SMILES string of the molecule is CCCCOc1cc(C(N)=O)cc2nc(NC(=O)c3cc(C)nn3CC)n(C/C=C/Cn3c(NC(=O)c4cc(C)nn4CC)nc4cc(C(N)=O)ccc43)c12. The fraction of sp³-hybridized carbons (Fsp3) is 0.316. The molecule has 0 fully saturated rings. The topological polar surface area (TPSA) is 225 Å². The molecule has 4 heterocycles. The number of nitrogens with one attached hydrogen (secondary N) is 2. The lowest BCUT2D eigenvalue weighted by molar-refractivity contribution is 0.0992. The third-order valence-electron chi connectivity index (χ3n) is 8.94. The van der Waals surface area contributed by atoms with Gasteiger partial charge < -0.3 is 25.3 Å².